The van der Waals surface area contributed by atoms with Gasteiger partial charge in [-0.15, -0.1) is 0 Å². The fraction of sp³-hybridized carbons (Fsp3) is 0.583. The van der Waals surface area contributed by atoms with Gasteiger partial charge in [-0.2, -0.15) is 5.10 Å². The Bertz CT molecular complexity index is 814. The highest BCUT2D eigenvalue weighted by atomic mass is 16.2. The normalized spacial score (nSPS) is 19.3. The number of likely N-dealkylation sites (tertiary alicyclic amines) is 1. The third-order valence-electron chi connectivity index (χ3n) is 6.69. The van der Waals surface area contributed by atoms with Crippen LogP contribution in [0.15, 0.2) is 36.5 Å². The van der Waals surface area contributed by atoms with Gasteiger partial charge in [0.1, 0.15) is 5.69 Å². The maximum Gasteiger partial charge on any atom is 0.272 e. The first-order valence-corrected chi connectivity index (χ1v) is 11.4. The average Bonchev–Trinajstić information content (AvgIpc) is 3.26. The topological polar surface area (TPSA) is 44.6 Å². The number of piperazine rings is 1. The van der Waals surface area contributed by atoms with Gasteiger partial charge in [-0.05, 0) is 56.3 Å². The highest BCUT2D eigenvalue weighted by Gasteiger charge is 2.25. The van der Waals surface area contributed by atoms with E-state index in [1.165, 1.54) is 24.2 Å². The number of nitrogens with zero attached hydrogens (tertiary/aromatic N) is 5. The summed E-state index contributed by atoms with van der Waals surface area (Å²) in [4.78, 5) is 19.7. The number of hydrogen-bond acceptors (Lipinski definition) is 4. The summed E-state index contributed by atoms with van der Waals surface area (Å²) in [6.07, 6.45) is 4.99. The maximum atomic E-state index is 12.8. The first-order chi connectivity index (χ1) is 14.6. The first kappa shape index (κ1) is 21.1. The molecule has 0 saturated carbocycles. The molecule has 162 valence electrons. The summed E-state index contributed by atoms with van der Waals surface area (Å²) in [5, 5.41) is 4.23. The largest absolute Gasteiger partial charge is 0.337 e. The number of aromatic nitrogens is 2. The van der Waals surface area contributed by atoms with Gasteiger partial charge in [-0.25, -0.2) is 0 Å². The van der Waals surface area contributed by atoms with Crippen molar-refractivity contribution in [1.82, 2.24) is 24.5 Å². The van der Waals surface area contributed by atoms with Crippen molar-refractivity contribution >= 4 is 5.91 Å². The zero-order valence-electron chi connectivity index (χ0n) is 18.5. The number of amides is 1. The summed E-state index contributed by atoms with van der Waals surface area (Å²) >= 11 is 0. The van der Waals surface area contributed by atoms with Gasteiger partial charge in [-0.3, -0.25) is 14.4 Å². The molecular formula is C24H35N5O. The van der Waals surface area contributed by atoms with E-state index in [1.807, 2.05) is 17.9 Å². The fourth-order valence-corrected chi connectivity index (χ4v) is 4.65. The molecule has 1 aromatic carbocycles. The van der Waals surface area contributed by atoms with Gasteiger partial charge in [0.2, 0.25) is 0 Å². The number of benzene rings is 1. The van der Waals surface area contributed by atoms with Crippen molar-refractivity contribution in [2.75, 3.05) is 46.3 Å². The minimum Gasteiger partial charge on any atom is -0.337 e. The lowest BCUT2D eigenvalue weighted by Gasteiger charge is -2.32. The van der Waals surface area contributed by atoms with Crippen molar-refractivity contribution in [3.63, 3.8) is 0 Å². The van der Waals surface area contributed by atoms with Crippen molar-refractivity contribution in [2.24, 2.45) is 5.92 Å². The molecule has 0 atom stereocenters. The van der Waals surface area contributed by atoms with Crippen molar-refractivity contribution < 1.29 is 4.79 Å². The van der Waals surface area contributed by atoms with Gasteiger partial charge in [0.25, 0.3) is 5.91 Å². The molecule has 0 aliphatic carbocycles. The third-order valence-corrected chi connectivity index (χ3v) is 6.69. The second-order valence-corrected chi connectivity index (χ2v) is 8.87. The number of carbonyl (C=O) groups is 1. The van der Waals surface area contributed by atoms with Crippen LogP contribution in [0.3, 0.4) is 0 Å². The minimum absolute atomic E-state index is 0.126. The molecule has 2 aliphatic heterocycles. The molecule has 1 amide bonds. The van der Waals surface area contributed by atoms with E-state index in [9.17, 15) is 4.79 Å². The van der Waals surface area contributed by atoms with E-state index in [0.29, 0.717) is 11.6 Å². The molecule has 1 aromatic heterocycles. The Morgan fingerprint density at radius 1 is 0.967 bits per heavy atom. The van der Waals surface area contributed by atoms with E-state index in [2.05, 4.69) is 46.2 Å². The Kier molecular flexibility index (Phi) is 6.85. The third kappa shape index (κ3) is 5.10. The van der Waals surface area contributed by atoms with Crippen LogP contribution in [0.2, 0.25) is 0 Å². The number of rotatable bonds is 6. The smallest absolute Gasteiger partial charge is 0.272 e. The van der Waals surface area contributed by atoms with E-state index in [0.717, 1.165) is 58.5 Å². The highest BCUT2D eigenvalue weighted by Crippen LogP contribution is 2.23. The Morgan fingerprint density at radius 2 is 1.63 bits per heavy atom. The zero-order valence-corrected chi connectivity index (χ0v) is 18.5. The number of hydrogen-bond donors (Lipinski definition) is 0. The minimum atomic E-state index is 0.126. The molecule has 2 aromatic rings. The maximum absolute atomic E-state index is 12.8. The van der Waals surface area contributed by atoms with E-state index in [1.54, 1.807) is 10.9 Å². The number of likely N-dealkylation sites (N-methyl/N-ethyl adjacent to an activating group) is 1. The second kappa shape index (κ2) is 9.75. The highest BCUT2D eigenvalue weighted by molar-refractivity contribution is 5.92. The molecule has 6 heteroatoms. The number of aryl methyl sites for hydroxylation is 1. The summed E-state index contributed by atoms with van der Waals surface area (Å²) in [5.74, 6) is 0.787. The Hall–Kier alpha value is -2.18. The lowest BCUT2D eigenvalue weighted by molar-refractivity contribution is 0.0678. The van der Waals surface area contributed by atoms with E-state index < -0.39 is 0 Å². The lowest BCUT2D eigenvalue weighted by Crippen LogP contribution is -2.43. The summed E-state index contributed by atoms with van der Waals surface area (Å²) < 4.78 is 1.79. The fourth-order valence-electron chi connectivity index (χ4n) is 4.65. The molecule has 2 aliphatic rings. The van der Waals surface area contributed by atoms with Gasteiger partial charge in [0.05, 0.1) is 0 Å². The first-order valence-electron chi connectivity index (χ1n) is 11.4. The summed E-state index contributed by atoms with van der Waals surface area (Å²) in [7, 11) is 2.20. The predicted octanol–water partition coefficient (Wildman–Crippen LogP) is 2.75. The Balaban J connectivity index is 1.24. The van der Waals surface area contributed by atoms with Gasteiger partial charge in [0, 0.05) is 58.6 Å². The van der Waals surface area contributed by atoms with E-state index >= 15 is 0 Å². The molecule has 4 rings (SSSR count). The summed E-state index contributed by atoms with van der Waals surface area (Å²) in [6, 6.07) is 11.1. The van der Waals surface area contributed by atoms with E-state index in [-0.39, 0.29) is 5.91 Å². The van der Waals surface area contributed by atoms with E-state index in [4.69, 9.17) is 0 Å². The van der Waals surface area contributed by atoms with Crippen LogP contribution in [0.4, 0.5) is 0 Å². The molecule has 6 nitrogen and oxygen atoms in total. The number of carbonyl (C=O) groups excluding carboxylic acids is 1. The van der Waals surface area contributed by atoms with Crippen LogP contribution in [-0.2, 0) is 19.5 Å². The molecule has 0 N–H and O–H groups in total. The zero-order chi connectivity index (χ0) is 20.9. The predicted molar refractivity (Wildman–Crippen MR) is 119 cm³/mol. The molecule has 2 fully saturated rings. The molecule has 30 heavy (non-hydrogen) atoms. The van der Waals surface area contributed by atoms with Crippen LogP contribution < -0.4 is 0 Å². The van der Waals surface area contributed by atoms with Crippen LogP contribution in [-0.4, -0.2) is 76.7 Å². The van der Waals surface area contributed by atoms with Gasteiger partial charge in [0.15, 0.2) is 0 Å². The quantitative estimate of drug-likeness (QED) is 0.736. The summed E-state index contributed by atoms with van der Waals surface area (Å²) in [6.45, 7) is 10.2. The van der Waals surface area contributed by atoms with Crippen molar-refractivity contribution in [3.8, 4) is 0 Å². The van der Waals surface area contributed by atoms with Crippen molar-refractivity contribution in [2.45, 2.75) is 39.3 Å². The molecule has 0 bridgehead atoms. The molecule has 0 unspecified atom stereocenters. The molecular weight excluding hydrogens is 374 g/mol. The standard InChI is InChI=1S/C24H35N5O/c1-3-29-23(8-11-25-29)24(30)28-12-9-21(10-13-28)18-20-4-6-22(7-5-20)19-27-16-14-26(2)15-17-27/h4-8,11,21H,3,9-10,12-19H2,1-2H3. The van der Waals surface area contributed by atoms with Crippen LogP contribution in [0.5, 0.6) is 0 Å². The molecule has 0 spiro atoms. The number of piperidine rings is 1. The summed E-state index contributed by atoms with van der Waals surface area (Å²) in [5.41, 5.74) is 3.55. The van der Waals surface area contributed by atoms with Crippen LogP contribution in [0.25, 0.3) is 0 Å². The molecule has 3 heterocycles. The second-order valence-electron chi connectivity index (χ2n) is 8.87. The van der Waals surface area contributed by atoms with Gasteiger partial charge >= 0.3 is 0 Å². The lowest BCUT2D eigenvalue weighted by atomic mass is 9.90. The monoisotopic (exact) mass is 409 g/mol. The van der Waals surface area contributed by atoms with Crippen LogP contribution in [0, 0.1) is 5.92 Å². The molecule has 0 radical (unpaired) electrons. The Morgan fingerprint density at radius 3 is 2.30 bits per heavy atom. The average molecular weight is 410 g/mol. The van der Waals surface area contributed by atoms with Crippen molar-refractivity contribution in [3.05, 3.63) is 53.3 Å². The van der Waals surface area contributed by atoms with Crippen molar-refractivity contribution in [1.29, 1.82) is 0 Å². The van der Waals surface area contributed by atoms with Crippen LogP contribution in [0.1, 0.15) is 41.4 Å². The van der Waals surface area contributed by atoms with Crippen LogP contribution >= 0.6 is 0 Å². The van der Waals surface area contributed by atoms with Gasteiger partial charge in [-0.1, -0.05) is 24.3 Å². The Labute approximate surface area is 180 Å². The molecule has 2 saturated heterocycles. The SMILES string of the molecule is CCn1nccc1C(=O)N1CCC(Cc2ccc(CN3CCN(C)CC3)cc2)CC1. The van der Waals surface area contributed by atoms with Gasteiger partial charge < -0.3 is 9.80 Å².